The lowest BCUT2D eigenvalue weighted by atomic mass is 9.84. The van der Waals surface area contributed by atoms with E-state index in [1.807, 2.05) is 25.1 Å². The summed E-state index contributed by atoms with van der Waals surface area (Å²) in [4.78, 5) is 77.5. The summed E-state index contributed by atoms with van der Waals surface area (Å²) in [5, 5.41) is 19.8. The van der Waals surface area contributed by atoms with Crippen molar-refractivity contribution >= 4 is 40.5 Å². The van der Waals surface area contributed by atoms with Gasteiger partial charge < -0.3 is 39.0 Å². The number of phenols is 1. The van der Waals surface area contributed by atoms with Crippen LogP contribution in [0.2, 0.25) is 0 Å². The number of carbonyl (C=O) groups is 5. The minimum absolute atomic E-state index is 0.0106. The third-order valence-electron chi connectivity index (χ3n) is 14.0. The number of aromatic nitrogens is 2. The van der Waals surface area contributed by atoms with Gasteiger partial charge in [0.05, 0.1) is 43.9 Å². The van der Waals surface area contributed by atoms with E-state index in [1.54, 1.807) is 39.4 Å². The van der Waals surface area contributed by atoms with Crippen molar-refractivity contribution in [2.24, 2.45) is 11.3 Å². The van der Waals surface area contributed by atoms with Crippen molar-refractivity contribution in [3.05, 3.63) is 83.7 Å². The number of phenolic OH excluding ortho intramolecular Hbond substituents is 1. The SMILES string of the molecule is C=C(C)[C@@H](C(=O)N[C@H]1Cc2cc(O)cc(c2)-c2ccc3c(c2)c(c(-c2cccnc2[C@H](C)OC)n3CC)CC(C)(C)COC(=O)[C@@H]2CCCN(N2)C1=O)N(C)C(=O)CN(C)C(=O)[C@@H]1N[C@@H]1C1COC1. The number of nitrogens with one attached hydrogen (secondary N) is 3. The Kier molecular flexibility index (Phi) is 14.3. The zero-order chi connectivity index (χ0) is 49.5. The molecule has 4 amide bonds. The van der Waals surface area contributed by atoms with Gasteiger partial charge in [0.25, 0.3) is 5.91 Å². The van der Waals surface area contributed by atoms with Gasteiger partial charge >= 0.3 is 5.97 Å². The number of aromatic hydroxyl groups is 1. The highest BCUT2D eigenvalue weighted by molar-refractivity contribution is 5.97. The molecule has 0 aliphatic carbocycles. The Morgan fingerprint density at radius 3 is 2.57 bits per heavy atom. The predicted octanol–water partition coefficient (Wildman–Crippen LogP) is 4.30. The number of cyclic esters (lactones) is 1. The lowest BCUT2D eigenvalue weighted by Crippen LogP contribution is -2.62. The zero-order valence-electron chi connectivity index (χ0n) is 41.0. The van der Waals surface area contributed by atoms with Crippen molar-refractivity contribution in [3.8, 4) is 28.1 Å². The van der Waals surface area contributed by atoms with Crippen molar-refractivity contribution < 1.29 is 43.3 Å². The molecule has 368 valence electrons. The molecule has 0 unspecified atom stereocenters. The number of hydrazine groups is 1. The van der Waals surface area contributed by atoms with Gasteiger partial charge in [0.1, 0.15) is 29.9 Å². The summed E-state index contributed by atoms with van der Waals surface area (Å²) in [6.07, 6.45) is 2.85. The van der Waals surface area contributed by atoms with Crippen LogP contribution in [-0.2, 0) is 57.6 Å². The molecule has 0 saturated carbocycles. The standard InChI is InChI=1S/C52H66N8O9/c1-10-59-41-16-15-32-23-37(41)38(47(59)36-13-11-17-53-43(36)30(4)67-9)24-52(5,6)28-69-51(66)39-14-12-18-60(56-39)49(64)40(21-31-19-33(32)22-35(61)20-31)54-48(63)46(29(2)3)58(8)42(62)25-57(7)50(65)45-44(55-45)34-26-68-27-34/h11,13,15-17,19-20,22-23,30,34,39-40,44-46,55-56,61H,2,10,12,14,18,21,24-28H2,1,3-9H3,(H,54,63)/t30-,39-,40-,44+,45+,46-/m0/s1. The molecule has 3 saturated heterocycles. The second-order valence-corrected chi connectivity index (χ2v) is 19.9. The van der Waals surface area contributed by atoms with E-state index >= 15 is 0 Å². The fourth-order valence-electron chi connectivity index (χ4n) is 10.1. The van der Waals surface area contributed by atoms with E-state index in [0.29, 0.717) is 55.7 Å². The minimum Gasteiger partial charge on any atom is -0.508 e. The minimum atomic E-state index is -1.23. The Morgan fingerprint density at radius 1 is 1.10 bits per heavy atom. The third kappa shape index (κ3) is 10.3. The highest BCUT2D eigenvalue weighted by Gasteiger charge is 2.50. The molecule has 8 rings (SSSR count). The number of ether oxygens (including phenoxy) is 3. The first-order chi connectivity index (χ1) is 32.9. The van der Waals surface area contributed by atoms with Gasteiger partial charge in [-0.05, 0) is 104 Å². The summed E-state index contributed by atoms with van der Waals surface area (Å²) in [7, 11) is 4.68. The van der Waals surface area contributed by atoms with E-state index in [4.69, 9.17) is 19.2 Å². The molecule has 4 N–H and O–H groups in total. The molecular formula is C52H66N8O9. The molecule has 17 heteroatoms. The summed E-state index contributed by atoms with van der Waals surface area (Å²) in [5.74, 6) is -2.18. The molecule has 6 atom stereocenters. The quantitative estimate of drug-likeness (QED) is 0.0892. The smallest absolute Gasteiger partial charge is 0.324 e. The monoisotopic (exact) mass is 946 g/mol. The Bertz CT molecular complexity index is 2660. The van der Waals surface area contributed by atoms with Gasteiger partial charge in [-0.1, -0.05) is 32.6 Å². The molecular weight excluding hydrogens is 881 g/mol. The number of amides is 4. The number of rotatable bonds is 12. The van der Waals surface area contributed by atoms with E-state index in [-0.39, 0.29) is 55.8 Å². The summed E-state index contributed by atoms with van der Waals surface area (Å²) < 4.78 is 19.5. The maximum Gasteiger partial charge on any atom is 0.324 e. The third-order valence-corrected chi connectivity index (χ3v) is 14.0. The molecule has 69 heavy (non-hydrogen) atoms. The van der Waals surface area contributed by atoms with Crippen LogP contribution in [0.5, 0.6) is 5.75 Å². The van der Waals surface area contributed by atoms with E-state index in [2.05, 4.69) is 66.2 Å². The highest BCUT2D eigenvalue weighted by atomic mass is 16.5. The number of nitrogens with zero attached hydrogens (tertiary/aromatic N) is 5. The number of fused-ring (bicyclic) bond motifs is 6. The zero-order valence-corrected chi connectivity index (χ0v) is 41.0. The van der Waals surface area contributed by atoms with Crippen LogP contribution in [0.1, 0.15) is 70.4 Å². The molecule has 0 radical (unpaired) electrons. The van der Waals surface area contributed by atoms with Gasteiger partial charge in [-0.2, -0.15) is 0 Å². The predicted molar refractivity (Wildman–Crippen MR) is 259 cm³/mol. The van der Waals surface area contributed by atoms with Crippen LogP contribution in [0, 0.1) is 11.3 Å². The first-order valence-electron chi connectivity index (χ1n) is 23.9. The molecule has 4 aromatic rings. The van der Waals surface area contributed by atoms with Gasteiger partial charge in [0.2, 0.25) is 17.7 Å². The number of carbonyl (C=O) groups excluding carboxylic acids is 5. The highest BCUT2D eigenvalue weighted by Crippen LogP contribution is 2.42. The van der Waals surface area contributed by atoms with Crippen molar-refractivity contribution in [1.82, 2.24) is 40.4 Å². The van der Waals surface area contributed by atoms with Crippen LogP contribution in [0.25, 0.3) is 33.3 Å². The summed E-state index contributed by atoms with van der Waals surface area (Å²) in [6, 6.07) is 11.7. The van der Waals surface area contributed by atoms with Crippen LogP contribution < -0.4 is 16.1 Å². The van der Waals surface area contributed by atoms with E-state index < -0.39 is 53.3 Å². The average Bonchev–Trinajstić information content (AvgIpc) is 4.02. The Balaban J connectivity index is 1.15. The van der Waals surface area contributed by atoms with Gasteiger partial charge in [-0.3, -0.25) is 39.3 Å². The topological polar surface area (TPSA) is 207 Å². The van der Waals surface area contributed by atoms with Gasteiger partial charge in [0, 0.05) is 80.8 Å². The maximum atomic E-state index is 14.7. The Hall–Kier alpha value is -6.14. The van der Waals surface area contributed by atoms with Crippen molar-refractivity contribution in [3.63, 3.8) is 0 Å². The Labute approximate surface area is 403 Å². The number of esters is 1. The fraction of sp³-hybridized carbons (Fsp3) is 0.500. The van der Waals surface area contributed by atoms with Gasteiger partial charge in [-0.15, -0.1) is 0 Å². The summed E-state index contributed by atoms with van der Waals surface area (Å²) >= 11 is 0. The molecule has 3 fully saturated rings. The van der Waals surface area contributed by atoms with E-state index in [9.17, 15) is 29.1 Å². The second-order valence-electron chi connectivity index (χ2n) is 19.9. The fourth-order valence-corrected chi connectivity index (χ4v) is 10.1. The maximum absolute atomic E-state index is 14.7. The number of hydrogen-bond acceptors (Lipinski definition) is 12. The van der Waals surface area contributed by atoms with Crippen molar-refractivity contribution in [2.45, 2.75) is 103 Å². The molecule has 6 heterocycles. The largest absolute Gasteiger partial charge is 0.508 e. The van der Waals surface area contributed by atoms with E-state index in [1.165, 1.54) is 21.9 Å². The molecule has 4 aliphatic rings. The van der Waals surface area contributed by atoms with Gasteiger partial charge in [-0.25, -0.2) is 5.43 Å². The van der Waals surface area contributed by atoms with Crippen molar-refractivity contribution in [2.75, 3.05) is 54.1 Å². The van der Waals surface area contributed by atoms with E-state index in [0.717, 1.165) is 39.0 Å². The van der Waals surface area contributed by atoms with Crippen LogP contribution in [0.15, 0.2) is 66.9 Å². The van der Waals surface area contributed by atoms with Crippen LogP contribution in [0.3, 0.4) is 0 Å². The lowest BCUT2D eigenvalue weighted by Gasteiger charge is -2.36. The molecule has 4 aliphatic heterocycles. The Morgan fingerprint density at radius 2 is 1.87 bits per heavy atom. The average molecular weight is 947 g/mol. The number of hydrogen-bond donors (Lipinski definition) is 4. The molecule has 2 aromatic carbocycles. The van der Waals surface area contributed by atoms with Crippen molar-refractivity contribution in [1.29, 1.82) is 0 Å². The number of methoxy groups -OCH3 is 1. The normalized spacial score (nSPS) is 22.4. The first kappa shape index (κ1) is 49.3. The first-order valence-corrected chi connectivity index (χ1v) is 23.9. The summed E-state index contributed by atoms with van der Waals surface area (Å²) in [6.45, 7) is 15.8. The molecule has 2 aromatic heterocycles. The van der Waals surface area contributed by atoms with Crippen LogP contribution >= 0.6 is 0 Å². The van der Waals surface area contributed by atoms with Crippen LogP contribution in [0.4, 0.5) is 0 Å². The molecule has 17 nitrogen and oxygen atoms in total. The number of benzene rings is 2. The summed E-state index contributed by atoms with van der Waals surface area (Å²) in [5.41, 5.74) is 9.71. The molecule has 0 spiro atoms. The number of pyridine rings is 1. The van der Waals surface area contributed by atoms with Gasteiger partial charge in [0.15, 0.2) is 0 Å². The molecule has 6 bridgehead atoms. The second kappa shape index (κ2) is 20.1. The number of likely N-dealkylation sites (N-methyl/N-ethyl adjacent to an activating group) is 2. The lowest BCUT2D eigenvalue weighted by molar-refractivity contribution is -0.155. The number of aryl methyl sites for hydroxylation is 1. The van der Waals surface area contributed by atoms with Crippen LogP contribution in [-0.4, -0.2) is 143 Å².